The molecule has 180 valence electrons. The molecule has 1 fully saturated rings. The lowest BCUT2D eigenvalue weighted by Gasteiger charge is -2.33. The minimum atomic E-state index is -0.507. The van der Waals surface area contributed by atoms with Gasteiger partial charge in [-0.2, -0.15) is 0 Å². The third-order valence-electron chi connectivity index (χ3n) is 6.63. The molecule has 1 unspecified atom stereocenters. The number of carbonyl (C=O) groups excluding carboxylic acids is 2. The van der Waals surface area contributed by atoms with Crippen molar-refractivity contribution in [3.05, 3.63) is 65.7 Å². The van der Waals surface area contributed by atoms with Crippen LogP contribution in [0.1, 0.15) is 61.6 Å². The number of likely N-dealkylation sites (tertiary alicyclic amines) is 1. The number of piperidine rings is 1. The zero-order valence-electron chi connectivity index (χ0n) is 19.8. The number of nitrogens with zero attached hydrogens (tertiary/aromatic N) is 3. The Morgan fingerprint density at radius 1 is 1.06 bits per heavy atom. The number of hydrogen-bond acceptors (Lipinski definition) is 3. The molecular formula is C27H33FN4O2. The molecule has 2 aromatic carbocycles. The summed E-state index contributed by atoms with van der Waals surface area (Å²) in [4.78, 5) is 32.0. The van der Waals surface area contributed by atoms with Crippen LogP contribution in [0.15, 0.2) is 48.5 Å². The third-order valence-corrected chi connectivity index (χ3v) is 6.63. The molecule has 1 N–H and O–H groups in total. The molecule has 1 saturated heterocycles. The minimum Gasteiger partial charge on any atom is -0.352 e. The molecule has 1 aliphatic heterocycles. The fraction of sp³-hybridized carbons (Fsp3) is 0.444. The standard InChI is InChI=1S/C27H33FN4O2/c1-20-11-8-10-18-31(20)26(33)19-32-24-15-7-6-14-23(24)30-25(32)16-3-2-9-17-29-27(34)21-12-4-5-13-22(21)28/h4-7,12-15,20H,2-3,8-11,16-19H2,1H3,(H,29,34). The Labute approximate surface area is 200 Å². The average molecular weight is 465 g/mol. The number of rotatable bonds is 9. The number of aromatic nitrogens is 2. The summed E-state index contributed by atoms with van der Waals surface area (Å²) in [7, 11) is 0. The molecule has 6 nitrogen and oxygen atoms in total. The van der Waals surface area contributed by atoms with Gasteiger partial charge >= 0.3 is 0 Å². The highest BCUT2D eigenvalue weighted by Gasteiger charge is 2.24. The van der Waals surface area contributed by atoms with Crippen LogP contribution in [0.3, 0.4) is 0 Å². The quantitative estimate of drug-likeness (QED) is 0.466. The lowest BCUT2D eigenvalue weighted by molar-refractivity contribution is -0.135. The van der Waals surface area contributed by atoms with Crippen molar-refractivity contribution in [1.29, 1.82) is 0 Å². The number of aryl methyl sites for hydroxylation is 1. The van der Waals surface area contributed by atoms with E-state index in [1.54, 1.807) is 12.1 Å². The van der Waals surface area contributed by atoms with Crippen molar-refractivity contribution in [3.8, 4) is 0 Å². The van der Waals surface area contributed by atoms with E-state index in [0.717, 1.165) is 61.9 Å². The molecule has 3 aromatic rings. The maximum absolute atomic E-state index is 13.7. The van der Waals surface area contributed by atoms with Gasteiger partial charge in [-0.25, -0.2) is 9.37 Å². The van der Waals surface area contributed by atoms with Crippen LogP contribution in [-0.4, -0.2) is 45.4 Å². The molecule has 0 saturated carbocycles. The lowest BCUT2D eigenvalue weighted by Crippen LogP contribution is -2.43. The summed E-state index contributed by atoms with van der Waals surface area (Å²) in [6.45, 7) is 3.78. The van der Waals surface area contributed by atoms with Crippen LogP contribution in [0.5, 0.6) is 0 Å². The number of unbranched alkanes of at least 4 members (excludes halogenated alkanes) is 2. The molecule has 7 heteroatoms. The van der Waals surface area contributed by atoms with E-state index in [0.29, 0.717) is 19.1 Å². The average Bonchev–Trinajstić information content (AvgIpc) is 3.18. The van der Waals surface area contributed by atoms with Gasteiger partial charge in [0.25, 0.3) is 5.91 Å². The van der Waals surface area contributed by atoms with Gasteiger partial charge in [0.1, 0.15) is 18.2 Å². The SMILES string of the molecule is CC1CCCCN1C(=O)Cn1c(CCCCCNC(=O)c2ccccc2F)nc2ccccc21. The summed E-state index contributed by atoms with van der Waals surface area (Å²) < 4.78 is 15.8. The summed E-state index contributed by atoms with van der Waals surface area (Å²) in [5.41, 5.74) is 1.98. The number of carbonyl (C=O) groups is 2. The molecule has 2 amide bonds. The predicted molar refractivity (Wildman–Crippen MR) is 131 cm³/mol. The monoisotopic (exact) mass is 464 g/mol. The molecule has 0 radical (unpaired) electrons. The molecule has 0 bridgehead atoms. The van der Waals surface area contributed by atoms with Gasteiger partial charge in [-0.15, -0.1) is 0 Å². The van der Waals surface area contributed by atoms with E-state index >= 15 is 0 Å². The van der Waals surface area contributed by atoms with Gasteiger partial charge in [0.05, 0.1) is 16.6 Å². The van der Waals surface area contributed by atoms with Crippen LogP contribution in [0.4, 0.5) is 4.39 Å². The van der Waals surface area contributed by atoms with E-state index in [-0.39, 0.29) is 17.4 Å². The highest BCUT2D eigenvalue weighted by molar-refractivity contribution is 5.94. The van der Waals surface area contributed by atoms with E-state index < -0.39 is 5.82 Å². The van der Waals surface area contributed by atoms with Gasteiger partial charge in [-0.1, -0.05) is 30.7 Å². The molecule has 34 heavy (non-hydrogen) atoms. The molecule has 0 spiro atoms. The minimum absolute atomic E-state index is 0.0731. The summed E-state index contributed by atoms with van der Waals surface area (Å²) in [5.74, 6) is 0.194. The Kier molecular flexibility index (Phi) is 7.93. The topological polar surface area (TPSA) is 67.2 Å². The van der Waals surface area contributed by atoms with Gasteiger partial charge in [-0.3, -0.25) is 9.59 Å². The van der Waals surface area contributed by atoms with Crippen molar-refractivity contribution in [2.45, 2.75) is 64.5 Å². The second kappa shape index (κ2) is 11.3. The van der Waals surface area contributed by atoms with Gasteiger partial charge in [0, 0.05) is 25.6 Å². The fourth-order valence-corrected chi connectivity index (χ4v) is 4.71. The van der Waals surface area contributed by atoms with E-state index in [2.05, 4.69) is 16.8 Å². The highest BCUT2D eigenvalue weighted by Crippen LogP contribution is 2.21. The first-order valence-electron chi connectivity index (χ1n) is 12.3. The Morgan fingerprint density at radius 2 is 1.85 bits per heavy atom. The van der Waals surface area contributed by atoms with Crippen molar-refractivity contribution in [2.75, 3.05) is 13.1 Å². The third kappa shape index (κ3) is 5.64. The zero-order valence-corrected chi connectivity index (χ0v) is 19.8. The Balaban J connectivity index is 1.32. The van der Waals surface area contributed by atoms with Crippen LogP contribution >= 0.6 is 0 Å². The maximum atomic E-state index is 13.7. The Morgan fingerprint density at radius 3 is 2.68 bits per heavy atom. The maximum Gasteiger partial charge on any atom is 0.254 e. The van der Waals surface area contributed by atoms with Gasteiger partial charge in [0.15, 0.2) is 0 Å². The zero-order chi connectivity index (χ0) is 23.9. The molecule has 4 rings (SSSR count). The summed E-state index contributed by atoms with van der Waals surface area (Å²) in [6, 6.07) is 14.3. The largest absolute Gasteiger partial charge is 0.352 e. The van der Waals surface area contributed by atoms with E-state index in [4.69, 9.17) is 4.98 Å². The number of benzene rings is 2. The number of nitrogens with one attached hydrogen (secondary N) is 1. The van der Waals surface area contributed by atoms with Crippen LogP contribution in [-0.2, 0) is 17.8 Å². The van der Waals surface area contributed by atoms with Crippen LogP contribution in [0, 0.1) is 5.82 Å². The number of para-hydroxylation sites is 2. The first kappa shape index (κ1) is 23.9. The Hall–Kier alpha value is -3.22. The predicted octanol–water partition coefficient (Wildman–Crippen LogP) is 4.72. The van der Waals surface area contributed by atoms with Gasteiger partial charge in [-0.05, 0) is 63.3 Å². The second-order valence-corrected chi connectivity index (χ2v) is 9.08. The number of halogens is 1. The fourth-order valence-electron chi connectivity index (χ4n) is 4.71. The highest BCUT2D eigenvalue weighted by atomic mass is 19.1. The first-order valence-corrected chi connectivity index (χ1v) is 12.3. The summed E-state index contributed by atoms with van der Waals surface area (Å²) in [6.07, 6.45) is 6.68. The number of hydrogen-bond donors (Lipinski definition) is 1. The van der Waals surface area contributed by atoms with E-state index in [1.807, 2.05) is 29.2 Å². The van der Waals surface area contributed by atoms with Crippen molar-refractivity contribution in [1.82, 2.24) is 19.8 Å². The van der Waals surface area contributed by atoms with Crippen LogP contribution < -0.4 is 5.32 Å². The van der Waals surface area contributed by atoms with E-state index in [9.17, 15) is 14.0 Å². The van der Waals surface area contributed by atoms with Crippen molar-refractivity contribution in [2.24, 2.45) is 0 Å². The lowest BCUT2D eigenvalue weighted by atomic mass is 10.0. The molecule has 2 heterocycles. The normalized spacial score (nSPS) is 16.1. The summed E-state index contributed by atoms with van der Waals surface area (Å²) in [5, 5.41) is 2.79. The Bertz CT molecular complexity index is 1140. The number of imidazole rings is 1. The van der Waals surface area contributed by atoms with Crippen LogP contribution in [0.2, 0.25) is 0 Å². The molecule has 0 aliphatic carbocycles. The second-order valence-electron chi connectivity index (χ2n) is 9.08. The number of amides is 2. The molecule has 1 aromatic heterocycles. The van der Waals surface area contributed by atoms with Crippen molar-refractivity contribution in [3.63, 3.8) is 0 Å². The molecule has 1 aliphatic rings. The van der Waals surface area contributed by atoms with Crippen LogP contribution in [0.25, 0.3) is 11.0 Å². The molecular weight excluding hydrogens is 431 g/mol. The van der Waals surface area contributed by atoms with Crippen molar-refractivity contribution < 1.29 is 14.0 Å². The van der Waals surface area contributed by atoms with E-state index in [1.165, 1.54) is 18.6 Å². The van der Waals surface area contributed by atoms with Crippen molar-refractivity contribution >= 4 is 22.8 Å². The first-order chi connectivity index (χ1) is 16.5. The molecule has 1 atom stereocenters. The smallest absolute Gasteiger partial charge is 0.254 e. The summed E-state index contributed by atoms with van der Waals surface area (Å²) >= 11 is 0. The number of fused-ring (bicyclic) bond motifs is 1. The van der Waals surface area contributed by atoms with Gasteiger partial charge < -0.3 is 14.8 Å². The van der Waals surface area contributed by atoms with Gasteiger partial charge in [0.2, 0.25) is 5.91 Å².